The number of piperidine rings is 1. The summed E-state index contributed by atoms with van der Waals surface area (Å²) in [6.07, 6.45) is 6.37. The number of hydrogen-bond donors (Lipinski definition) is 2. The maximum Gasteiger partial charge on any atom is 0.324 e. The molecule has 2 bridgehead atoms. The van der Waals surface area contributed by atoms with Crippen LogP contribution >= 0.6 is 0 Å². The maximum atomic E-state index is 13.7. The summed E-state index contributed by atoms with van der Waals surface area (Å²) in [5.41, 5.74) is 6.98. The average Bonchev–Trinajstić information content (AvgIpc) is 3.44. The Labute approximate surface area is 231 Å². The van der Waals surface area contributed by atoms with Crippen molar-refractivity contribution in [3.8, 4) is 0 Å². The number of halogens is 2. The van der Waals surface area contributed by atoms with Crippen molar-refractivity contribution < 1.29 is 18.2 Å². The molecule has 0 radical (unpaired) electrons. The van der Waals surface area contributed by atoms with Gasteiger partial charge < -0.3 is 11.1 Å². The molecule has 1 saturated carbocycles. The molecule has 3 heterocycles. The molecule has 3 fully saturated rings. The van der Waals surface area contributed by atoms with Crippen LogP contribution in [0.5, 0.6) is 0 Å². The monoisotopic (exact) mass is 543 g/mol. The van der Waals surface area contributed by atoms with Crippen molar-refractivity contribution in [3.05, 3.63) is 35.9 Å². The number of carbonyl (C=O) groups is 1. The van der Waals surface area contributed by atoms with Gasteiger partial charge in [0.2, 0.25) is 18.0 Å². The smallest absolute Gasteiger partial charge is 0.324 e. The van der Waals surface area contributed by atoms with Gasteiger partial charge >= 0.3 is 5.84 Å². The number of nitrogens with two attached hydrogens (primary N) is 1. The van der Waals surface area contributed by atoms with Gasteiger partial charge in [-0.15, -0.1) is 0 Å². The molecule has 0 spiro atoms. The number of fused-ring (bicyclic) bond motifs is 2. The van der Waals surface area contributed by atoms with E-state index in [1.165, 1.54) is 12.8 Å². The van der Waals surface area contributed by atoms with Crippen molar-refractivity contribution in [2.24, 2.45) is 27.8 Å². The van der Waals surface area contributed by atoms with Gasteiger partial charge in [-0.1, -0.05) is 44.2 Å². The minimum atomic E-state index is -2.63. The number of nitrogens with one attached hydrogen (secondary N) is 1. The number of hydrogen-bond acceptors (Lipinski definition) is 5. The lowest BCUT2D eigenvalue weighted by Crippen LogP contribution is -2.51. The van der Waals surface area contributed by atoms with Crippen molar-refractivity contribution in [1.82, 2.24) is 10.2 Å². The van der Waals surface area contributed by atoms with E-state index in [1.807, 2.05) is 18.2 Å². The fourth-order valence-corrected chi connectivity index (χ4v) is 7.29. The third kappa shape index (κ3) is 6.40. The predicted molar refractivity (Wildman–Crippen MR) is 148 cm³/mol. The summed E-state index contributed by atoms with van der Waals surface area (Å²) in [4.78, 5) is 15.8. The summed E-state index contributed by atoms with van der Waals surface area (Å²) < 4.78 is 29.8. The van der Waals surface area contributed by atoms with E-state index in [0.29, 0.717) is 30.6 Å². The fraction of sp³-hybridized carbons (Fsp3) is 0.733. The standard InChI is InChI=1S/C30H44F2N6O/c1-20(2)28-36-35-27(12-16-33)38(28)25-18-23-8-9-24(19-25)37(23)17-13-26(21-6-4-3-5-7-21)34-29(39)22-10-14-30(31,32)15-11-22/h3-7,20,22-26,28H,8-19,33H2,1-2H3/p+1/t23?,24?,25?,26-,28?/m0/s1. The molecular formula is C30H45F2N6O+. The molecule has 2 saturated heterocycles. The highest BCUT2D eigenvalue weighted by Crippen LogP contribution is 2.40. The Morgan fingerprint density at radius 3 is 2.41 bits per heavy atom. The summed E-state index contributed by atoms with van der Waals surface area (Å²) in [6.45, 7) is 5.91. The zero-order valence-corrected chi connectivity index (χ0v) is 23.4. The highest BCUT2D eigenvalue weighted by atomic mass is 19.3. The average molecular weight is 544 g/mol. The van der Waals surface area contributed by atoms with Gasteiger partial charge in [0.05, 0.1) is 17.6 Å². The first-order valence-corrected chi connectivity index (χ1v) is 15.0. The normalized spacial score (nSPS) is 29.8. The van der Waals surface area contributed by atoms with Crippen LogP contribution in [0.4, 0.5) is 8.78 Å². The Hall–Kier alpha value is -2.26. The van der Waals surface area contributed by atoms with Crippen LogP contribution in [0.25, 0.3) is 0 Å². The van der Waals surface area contributed by atoms with Crippen LogP contribution in [-0.2, 0) is 4.79 Å². The highest BCUT2D eigenvalue weighted by Gasteiger charge is 2.47. The number of amides is 1. The van der Waals surface area contributed by atoms with Gasteiger partial charge in [-0.3, -0.25) is 9.69 Å². The molecule has 4 atom stereocenters. The van der Waals surface area contributed by atoms with E-state index in [9.17, 15) is 13.6 Å². The van der Waals surface area contributed by atoms with Gasteiger partial charge in [-0.25, -0.2) is 13.4 Å². The number of benzene rings is 1. The van der Waals surface area contributed by atoms with E-state index in [2.05, 4.69) is 51.0 Å². The summed E-state index contributed by atoms with van der Waals surface area (Å²) in [6, 6.07) is 11.4. The first-order valence-electron chi connectivity index (χ1n) is 15.0. The molecule has 1 aromatic rings. The molecule has 3 aliphatic heterocycles. The van der Waals surface area contributed by atoms with Gasteiger partial charge in [-0.05, 0) is 42.8 Å². The number of azo groups is 1. The van der Waals surface area contributed by atoms with Crippen LogP contribution in [-0.4, -0.2) is 64.5 Å². The van der Waals surface area contributed by atoms with Crippen LogP contribution < -0.4 is 11.1 Å². The molecule has 1 amide bonds. The Morgan fingerprint density at radius 2 is 1.79 bits per heavy atom. The minimum Gasteiger partial charge on any atom is -0.349 e. The van der Waals surface area contributed by atoms with Gasteiger partial charge in [0.25, 0.3) is 0 Å². The number of alkyl halides is 2. The number of amidine groups is 1. The van der Waals surface area contributed by atoms with Crippen LogP contribution in [0, 0.1) is 11.8 Å². The maximum absolute atomic E-state index is 13.7. The summed E-state index contributed by atoms with van der Waals surface area (Å²) in [7, 11) is 0. The van der Waals surface area contributed by atoms with E-state index >= 15 is 0 Å². The molecule has 214 valence electrons. The first-order chi connectivity index (χ1) is 18.8. The molecule has 3 N–H and O–H groups in total. The molecule has 0 aromatic heterocycles. The molecule has 39 heavy (non-hydrogen) atoms. The predicted octanol–water partition coefficient (Wildman–Crippen LogP) is 5.26. The van der Waals surface area contributed by atoms with E-state index in [0.717, 1.165) is 43.6 Å². The third-order valence-electron chi connectivity index (χ3n) is 9.37. The molecule has 3 unspecified atom stereocenters. The van der Waals surface area contributed by atoms with Crippen molar-refractivity contribution >= 4 is 11.7 Å². The van der Waals surface area contributed by atoms with E-state index < -0.39 is 5.92 Å². The summed E-state index contributed by atoms with van der Waals surface area (Å²) in [5, 5.41) is 12.4. The lowest BCUT2D eigenvalue weighted by molar-refractivity contribution is -0.607. The zero-order chi connectivity index (χ0) is 27.6. The van der Waals surface area contributed by atoms with Crippen molar-refractivity contribution in [3.63, 3.8) is 0 Å². The SMILES string of the molecule is CC(C)C1N=NC(CCN)=[N+]1C1CC2CCC(C1)N2CC[C@H](NC(=O)C1CCC(F)(F)CC1)c1ccccc1. The summed E-state index contributed by atoms with van der Waals surface area (Å²) >= 11 is 0. The topological polar surface area (TPSA) is 86.1 Å². The first kappa shape index (κ1) is 28.3. The van der Waals surface area contributed by atoms with Crippen molar-refractivity contribution in [2.45, 2.75) is 114 Å². The van der Waals surface area contributed by atoms with Gasteiger partial charge in [0, 0.05) is 62.7 Å². The van der Waals surface area contributed by atoms with Crippen molar-refractivity contribution in [1.29, 1.82) is 0 Å². The molecular weight excluding hydrogens is 498 g/mol. The van der Waals surface area contributed by atoms with Gasteiger partial charge in [0.1, 0.15) is 6.04 Å². The zero-order valence-electron chi connectivity index (χ0n) is 23.4. The Morgan fingerprint density at radius 1 is 1.13 bits per heavy atom. The second-order valence-corrected chi connectivity index (χ2v) is 12.4. The Kier molecular flexibility index (Phi) is 8.76. The minimum absolute atomic E-state index is 0.0785. The van der Waals surface area contributed by atoms with Crippen molar-refractivity contribution in [2.75, 3.05) is 13.1 Å². The van der Waals surface area contributed by atoms with Crippen LogP contribution in [0.2, 0.25) is 0 Å². The highest BCUT2D eigenvalue weighted by molar-refractivity contribution is 5.79. The molecule has 9 heteroatoms. The largest absolute Gasteiger partial charge is 0.349 e. The second kappa shape index (κ2) is 12.1. The quantitative estimate of drug-likeness (QED) is 0.395. The molecule has 1 aromatic carbocycles. The second-order valence-electron chi connectivity index (χ2n) is 12.4. The number of nitrogens with zero attached hydrogens (tertiary/aromatic N) is 4. The molecule has 5 rings (SSSR count). The number of carbonyl (C=O) groups excluding carboxylic acids is 1. The lowest BCUT2D eigenvalue weighted by atomic mass is 9.86. The van der Waals surface area contributed by atoms with Gasteiger partial charge in [0.15, 0.2) is 0 Å². The van der Waals surface area contributed by atoms with E-state index in [1.54, 1.807) is 0 Å². The fourth-order valence-electron chi connectivity index (χ4n) is 7.29. The van der Waals surface area contributed by atoms with Crippen LogP contribution in [0.15, 0.2) is 40.6 Å². The summed E-state index contributed by atoms with van der Waals surface area (Å²) in [5.74, 6) is -1.60. The van der Waals surface area contributed by atoms with E-state index in [-0.39, 0.29) is 49.7 Å². The van der Waals surface area contributed by atoms with Crippen LogP contribution in [0.1, 0.15) is 89.7 Å². The Bertz CT molecular complexity index is 1040. The lowest BCUT2D eigenvalue weighted by Gasteiger charge is -2.40. The molecule has 4 aliphatic rings. The van der Waals surface area contributed by atoms with Gasteiger partial charge in [-0.2, -0.15) is 0 Å². The third-order valence-corrected chi connectivity index (χ3v) is 9.37. The molecule has 7 nitrogen and oxygen atoms in total. The number of rotatable bonds is 10. The molecule has 1 aliphatic carbocycles. The van der Waals surface area contributed by atoms with Crippen LogP contribution in [0.3, 0.4) is 0 Å². The van der Waals surface area contributed by atoms with E-state index in [4.69, 9.17) is 5.73 Å². The Balaban J connectivity index is 1.24.